The van der Waals surface area contributed by atoms with Gasteiger partial charge in [0.05, 0.1) is 11.8 Å². The smallest absolute Gasteiger partial charge is 0.257 e. The molecule has 0 aromatic carbocycles. The molecule has 2 rings (SSSR count). The summed E-state index contributed by atoms with van der Waals surface area (Å²) in [7, 11) is 0. The second-order valence-corrected chi connectivity index (χ2v) is 4.75. The highest BCUT2D eigenvalue weighted by atomic mass is 79.9. The summed E-state index contributed by atoms with van der Waals surface area (Å²) in [6, 6.07) is 0. The number of aromatic amines is 1. The minimum atomic E-state index is 0.0816. The molecule has 0 bridgehead atoms. The molecule has 1 amide bonds. The first kappa shape index (κ1) is 9.71. The Morgan fingerprint density at radius 1 is 1.57 bits per heavy atom. The van der Waals surface area contributed by atoms with Crippen LogP contribution in [0.25, 0.3) is 0 Å². The first-order valence-electron chi connectivity index (χ1n) is 4.69. The van der Waals surface area contributed by atoms with Crippen LogP contribution < -0.4 is 0 Å². The highest BCUT2D eigenvalue weighted by Gasteiger charge is 2.22. The van der Waals surface area contributed by atoms with Crippen LogP contribution in [0.1, 0.15) is 23.2 Å². The van der Waals surface area contributed by atoms with Crippen molar-refractivity contribution >= 4 is 21.8 Å². The van der Waals surface area contributed by atoms with Gasteiger partial charge in [-0.2, -0.15) is 5.10 Å². The van der Waals surface area contributed by atoms with Crippen LogP contribution in [-0.2, 0) is 0 Å². The van der Waals surface area contributed by atoms with Crippen molar-refractivity contribution in [2.75, 3.05) is 13.1 Å². The van der Waals surface area contributed by atoms with Gasteiger partial charge >= 0.3 is 0 Å². The monoisotopic (exact) mass is 257 g/mol. The lowest BCUT2D eigenvalue weighted by Gasteiger charge is -2.29. The van der Waals surface area contributed by atoms with E-state index in [2.05, 4.69) is 26.1 Å². The van der Waals surface area contributed by atoms with Gasteiger partial charge in [0.15, 0.2) is 0 Å². The Balaban J connectivity index is 1.99. The predicted molar refractivity (Wildman–Crippen MR) is 56.4 cm³/mol. The average Bonchev–Trinajstić information content (AvgIpc) is 2.71. The Morgan fingerprint density at radius 3 is 2.86 bits per heavy atom. The lowest BCUT2D eigenvalue weighted by atomic mass is 10.1. The molecule has 5 heteroatoms. The van der Waals surface area contributed by atoms with E-state index >= 15 is 0 Å². The van der Waals surface area contributed by atoms with Gasteiger partial charge in [0, 0.05) is 24.1 Å². The third-order valence-corrected chi connectivity index (χ3v) is 3.37. The van der Waals surface area contributed by atoms with Crippen LogP contribution in [0.15, 0.2) is 12.4 Å². The number of H-pyrrole nitrogens is 1. The van der Waals surface area contributed by atoms with Crippen molar-refractivity contribution in [3.05, 3.63) is 18.0 Å². The van der Waals surface area contributed by atoms with E-state index in [4.69, 9.17) is 0 Å². The highest BCUT2D eigenvalue weighted by molar-refractivity contribution is 9.09. The lowest BCUT2D eigenvalue weighted by molar-refractivity contribution is 0.0728. The zero-order valence-electron chi connectivity index (χ0n) is 7.74. The third-order valence-electron chi connectivity index (χ3n) is 2.46. The summed E-state index contributed by atoms with van der Waals surface area (Å²) in [5.41, 5.74) is 0.651. The van der Waals surface area contributed by atoms with Crippen molar-refractivity contribution in [3.63, 3.8) is 0 Å². The minimum Gasteiger partial charge on any atom is -0.338 e. The summed E-state index contributed by atoms with van der Waals surface area (Å²) in [6.45, 7) is 1.67. The number of alkyl halides is 1. The summed E-state index contributed by atoms with van der Waals surface area (Å²) in [4.78, 5) is 14.3. The third kappa shape index (κ3) is 1.97. The molecule has 2 heterocycles. The first-order chi connectivity index (χ1) is 6.77. The fourth-order valence-corrected chi connectivity index (χ4v) is 2.01. The molecule has 1 N–H and O–H groups in total. The molecule has 0 unspecified atom stereocenters. The van der Waals surface area contributed by atoms with Gasteiger partial charge < -0.3 is 4.90 Å². The van der Waals surface area contributed by atoms with Crippen LogP contribution in [0.2, 0.25) is 0 Å². The fraction of sp³-hybridized carbons (Fsp3) is 0.556. The number of piperidine rings is 1. The molecule has 0 saturated carbocycles. The fourth-order valence-electron chi connectivity index (χ4n) is 1.60. The number of rotatable bonds is 1. The predicted octanol–water partition coefficient (Wildman–Crippen LogP) is 1.41. The number of carbonyl (C=O) groups excluding carboxylic acids is 1. The zero-order valence-corrected chi connectivity index (χ0v) is 9.33. The standard InChI is InChI=1S/C9H12BrN3O/c10-8-1-3-13(4-2-8)9(14)7-5-11-12-6-7/h5-6,8H,1-4H2,(H,11,12). The van der Waals surface area contributed by atoms with E-state index in [9.17, 15) is 4.79 Å². The van der Waals surface area contributed by atoms with Gasteiger partial charge in [-0.3, -0.25) is 9.89 Å². The van der Waals surface area contributed by atoms with Crippen LogP contribution in [0.3, 0.4) is 0 Å². The number of aromatic nitrogens is 2. The average molecular weight is 258 g/mol. The Kier molecular flexibility index (Phi) is 2.86. The maximum absolute atomic E-state index is 11.8. The van der Waals surface area contributed by atoms with E-state index < -0.39 is 0 Å². The lowest BCUT2D eigenvalue weighted by Crippen LogP contribution is -2.38. The van der Waals surface area contributed by atoms with Gasteiger partial charge in [0.2, 0.25) is 0 Å². The minimum absolute atomic E-state index is 0.0816. The summed E-state index contributed by atoms with van der Waals surface area (Å²) < 4.78 is 0. The van der Waals surface area contributed by atoms with Crippen molar-refractivity contribution in [3.8, 4) is 0 Å². The number of halogens is 1. The van der Waals surface area contributed by atoms with Crippen molar-refractivity contribution in [1.29, 1.82) is 0 Å². The normalized spacial score (nSPS) is 18.5. The highest BCUT2D eigenvalue weighted by Crippen LogP contribution is 2.18. The van der Waals surface area contributed by atoms with E-state index in [0.717, 1.165) is 25.9 Å². The molecule has 4 nitrogen and oxygen atoms in total. The number of hydrogen-bond donors (Lipinski definition) is 1. The molecule has 1 saturated heterocycles. The maximum Gasteiger partial charge on any atom is 0.257 e. The maximum atomic E-state index is 11.8. The van der Waals surface area contributed by atoms with Crippen molar-refractivity contribution in [2.24, 2.45) is 0 Å². The molecule has 1 aromatic rings. The van der Waals surface area contributed by atoms with Crippen LogP contribution in [0.4, 0.5) is 0 Å². The SMILES string of the molecule is O=C(c1cn[nH]c1)N1CCC(Br)CC1. The quantitative estimate of drug-likeness (QED) is 0.774. The van der Waals surface area contributed by atoms with E-state index in [0.29, 0.717) is 10.4 Å². The Labute approximate surface area is 90.8 Å². The number of likely N-dealkylation sites (tertiary alicyclic amines) is 1. The molecule has 0 spiro atoms. The van der Waals surface area contributed by atoms with Gasteiger partial charge in [-0.05, 0) is 12.8 Å². The van der Waals surface area contributed by atoms with E-state index in [1.54, 1.807) is 12.4 Å². The topological polar surface area (TPSA) is 49.0 Å². The summed E-state index contributed by atoms with van der Waals surface area (Å²) in [5.74, 6) is 0.0816. The van der Waals surface area contributed by atoms with E-state index in [1.165, 1.54) is 0 Å². The molecular formula is C9H12BrN3O. The van der Waals surface area contributed by atoms with Gasteiger partial charge in [-0.15, -0.1) is 0 Å². The zero-order chi connectivity index (χ0) is 9.97. The molecule has 14 heavy (non-hydrogen) atoms. The molecule has 0 radical (unpaired) electrons. The molecule has 1 aromatic heterocycles. The molecule has 0 aliphatic carbocycles. The van der Waals surface area contributed by atoms with Gasteiger partial charge in [-0.25, -0.2) is 0 Å². The largest absolute Gasteiger partial charge is 0.338 e. The van der Waals surface area contributed by atoms with E-state index in [-0.39, 0.29) is 5.91 Å². The van der Waals surface area contributed by atoms with Gasteiger partial charge in [0.1, 0.15) is 0 Å². The Morgan fingerprint density at radius 2 is 2.29 bits per heavy atom. The van der Waals surface area contributed by atoms with Crippen molar-refractivity contribution in [1.82, 2.24) is 15.1 Å². The molecule has 1 aliphatic rings. The number of nitrogens with one attached hydrogen (secondary N) is 1. The second-order valence-electron chi connectivity index (χ2n) is 3.45. The van der Waals surface area contributed by atoms with Crippen molar-refractivity contribution in [2.45, 2.75) is 17.7 Å². The molecule has 1 aliphatic heterocycles. The number of amides is 1. The van der Waals surface area contributed by atoms with Crippen molar-refractivity contribution < 1.29 is 4.79 Å². The van der Waals surface area contributed by atoms with Gasteiger partial charge in [-0.1, -0.05) is 15.9 Å². The molecule has 76 valence electrons. The van der Waals surface area contributed by atoms with Gasteiger partial charge in [0.25, 0.3) is 5.91 Å². The van der Waals surface area contributed by atoms with E-state index in [1.807, 2.05) is 4.90 Å². The van der Waals surface area contributed by atoms with Crippen LogP contribution in [-0.4, -0.2) is 38.9 Å². The first-order valence-corrected chi connectivity index (χ1v) is 5.61. The Bertz CT molecular complexity index is 304. The second kappa shape index (κ2) is 4.13. The summed E-state index contributed by atoms with van der Waals surface area (Å²) in [5, 5.41) is 6.42. The molecule has 1 fully saturated rings. The number of nitrogens with zero attached hydrogens (tertiary/aromatic N) is 2. The van der Waals surface area contributed by atoms with Crippen LogP contribution >= 0.6 is 15.9 Å². The number of hydrogen-bond acceptors (Lipinski definition) is 2. The molecular weight excluding hydrogens is 246 g/mol. The summed E-state index contributed by atoms with van der Waals surface area (Å²) in [6.07, 6.45) is 5.28. The molecule has 0 atom stereocenters. The Hall–Kier alpha value is -0.840. The summed E-state index contributed by atoms with van der Waals surface area (Å²) >= 11 is 3.56. The van der Waals surface area contributed by atoms with Crippen LogP contribution in [0.5, 0.6) is 0 Å². The number of carbonyl (C=O) groups is 1. The van der Waals surface area contributed by atoms with Crippen LogP contribution in [0, 0.1) is 0 Å².